The normalized spacial score (nSPS) is 38.2. The van der Waals surface area contributed by atoms with Crippen molar-refractivity contribution in [2.45, 2.75) is 49.2 Å². The molecular formula is C20H23BF2N10O8P2S. The first-order valence-corrected chi connectivity index (χ1v) is 17.6. The van der Waals surface area contributed by atoms with Gasteiger partial charge in [0.2, 0.25) is 0 Å². The van der Waals surface area contributed by atoms with Gasteiger partial charge in [-0.1, -0.05) is 12.2 Å². The number of nitrogen functional groups attached to an aromatic ring is 2. The molecule has 0 spiro atoms. The van der Waals surface area contributed by atoms with Crippen LogP contribution < -0.4 is 11.5 Å². The van der Waals surface area contributed by atoms with Gasteiger partial charge >= 0.3 is 6.80 Å². The number of hydrogen-bond acceptors (Lipinski definition) is 16. The third-order valence-electron chi connectivity index (χ3n) is 7.30. The molecule has 234 valence electrons. The Balaban J connectivity index is 1.17. The van der Waals surface area contributed by atoms with Gasteiger partial charge in [0.05, 0.1) is 25.9 Å². The van der Waals surface area contributed by atoms with Crippen molar-refractivity contribution in [1.82, 2.24) is 39.0 Å². The molecule has 10 atom stereocenters. The molecule has 24 heteroatoms. The Bertz CT molecular complexity index is 1710. The molecular weight excluding hydrogens is 651 g/mol. The molecule has 0 aromatic carbocycles. The van der Waals surface area contributed by atoms with E-state index in [9.17, 15) is 9.13 Å². The molecule has 0 saturated carbocycles. The van der Waals surface area contributed by atoms with Crippen LogP contribution in [0.5, 0.6) is 0 Å². The minimum atomic E-state index is -4.37. The van der Waals surface area contributed by atoms with Gasteiger partial charge in [-0.05, 0) is 0 Å². The number of thiol groups is 1. The minimum Gasteiger partial charge on any atom is -0.382 e. The number of halogens is 2. The molecule has 3 saturated heterocycles. The summed E-state index contributed by atoms with van der Waals surface area (Å²) in [6, 6.07) is 0. The van der Waals surface area contributed by atoms with Crippen molar-refractivity contribution >= 4 is 68.0 Å². The van der Waals surface area contributed by atoms with Gasteiger partial charge in [0.25, 0.3) is 15.0 Å². The summed E-state index contributed by atoms with van der Waals surface area (Å²) >= 11 is 4.01. The van der Waals surface area contributed by atoms with Crippen LogP contribution in [0.15, 0.2) is 25.3 Å². The number of nitrogens with zero attached hydrogens (tertiary/aromatic N) is 8. The summed E-state index contributed by atoms with van der Waals surface area (Å²) in [7, 11) is -2.97. The molecule has 7 rings (SSSR count). The molecule has 4 N–H and O–H groups in total. The lowest BCUT2D eigenvalue weighted by Crippen LogP contribution is -2.37. The molecule has 0 radical (unpaired) electrons. The van der Waals surface area contributed by atoms with Gasteiger partial charge in [0.1, 0.15) is 48.1 Å². The number of rotatable bonds is 2. The maximum absolute atomic E-state index is 16.0. The van der Waals surface area contributed by atoms with Crippen LogP contribution in [-0.4, -0.2) is 96.6 Å². The lowest BCUT2D eigenvalue weighted by molar-refractivity contribution is -0.0546. The summed E-state index contributed by atoms with van der Waals surface area (Å²) in [5.74, 6) is 0.123. The highest BCUT2D eigenvalue weighted by Gasteiger charge is 2.54. The van der Waals surface area contributed by atoms with Gasteiger partial charge in [-0.2, -0.15) is 0 Å². The second-order valence-corrected chi connectivity index (χ2v) is 15.0. The lowest BCUT2D eigenvalue weighted by Gasteiger charge is -2.29. The monoisotopic (exact) mass is 674 g/mol. The predicted molar refractivity (Wildman–Crippen MR) is 151 cm³/mol. The van der Waals surface area contributed by atoms with Gasteiger partial charge in [-0.15, -0.1) is 0 Å². The van der Waals surface area contributed by atoms with Gasteiger partial charge in [-0.25, -0.2) is 43.2 Å². The predicted octanol–water partition coefficient (Wildman–Crippen LogP) is 0.898. The third-order valence-corrected chi connectivity index (χ3v) is 10.2. The molecule has 3 fully saturated rings. The van der Waals surface area contributed by atoms with Crippen molar-refractivity contribution in [1.29, 1.82) is 0 Å². The van der Waals surface area contributed by atoms with E-state index in [4.69, 9.17) is 39.0 Å². The standard InChI is InChI=1S/C20H23BF2N10O8P2S/c21-42(34)36-1-7-14(10(23)20(38-7)33-6-31-12-16(25)27-4-29-18(12)33)41-43(35,44)37-2-8-13(40-42)9(22)19(39-8)32-5-30-11-15(24)26-3-28-17(11)32/h3-10,13-14,19-20H,1-2,21H2,(H,35,44)(H2,24,26,28)(H2,25,27,29)/t7-,8-,9-,10-,13-,14-,19-,20-,42+,43?/m1/s1. The van der Waals surface area contributed by atoms with Gasteiger partial charge in [-0.3, -0.25) is 22.7 Å². The fourth-order valence-electron chi connectivity index (χ4n) is 5.28. The smallest absolute Gasteiger partial charge is 0.382 e. The zero-order valence-corrected chi connectivity index (χ0v) is 25.1. The Morgan fingerprint density at radius 1 is 0.795 bits per heavy atom. The molecule has 7 heterocycles. The average Bonchev–Trinajstić information content (AvgIpc) is 3.73. The van der Waals surface area contributed by atoms with Crippen molar-refractivity contribution in [2.24, 2.45) is 0 Å². The highest BCUT2D eigenvalue weighted by molar-refractivity contribution is 8.44. The van der Waals surface area contributed by atoms with E-state index in [-0.39, 0.29) is 34.0 Å². The molecule has 1 unspecified atom stereocenters. The van der Waals surface area contributed by atoms with E-state index in [1.807, 2.05) is 0 Å². The first kappa shape index (κ1) is 29.9. The number of alkyl halides is 2. The first-order valence-electron chi connectivity index (χ1n) is 12.9. The van der Waals surface area contributed by atoms with Crippen molar-refractivity contribution in [3.63, 3.8) is 0 Å². The number of hydrogen-bond donors (Lipinski definition) is 3. The van der Waals surface area contributed by atoms with Crippen LogP contribution in [-0.2, 0) is 36.7 Å². The van der Waals surface area contributed by atoms with E-state index < -0.39 is 76.7 Å². The highest BCUT2D eigenvalue weighted by atomic mass is 32.7. The summed E-state index contributed by atoms with van der Waals surface area (Å²) in [6.07, 6.45) is -7.72. The van der Waals surface area contributed by atoms with Crippen molar-refractivity contribution in [3.8, 4) is 0 Å². The van der Waals surface area contributed by atoms with E-state index in [1.165, 1.54) is 34.4 Å². The lowest BCUT2D eigenvalue weighted by atomic mass is 10.1. The van der Waals surface area contributed by atoms with Crippen molar-refractivity contribution < 1.29 is 45.5 Å². The number of aromatic nitrogens is 8. The third kappa shape index (κ3) is 5.17. The molecule has 0 bridgehead atoms. The van der Waals surface area contributed by atoms with Crippen molar-refractivity contribution in [2.75, 3.05) is 24.7 Å². The number of fused-ring (bicyclic) bond motifs is 4. The van der Waals surface area contributed by atoms with Crippen LogP contribution in [0.3, 0.4) is 0 Å². The second kappa shape index (κ2) is 10.9. The maximum atomic E-state index is 16.0. The van der Waals surface area contributed by atoms with Gasteiger partial charge in [0.15, 0.2) is 47.7 Å². The first-order chi connectivity index (χ1) is 20.9. The second-order valence-electron chi connectivity index (χ2n) is 10.2. The Hall–Kier alpha value is -2.81. The molecule has 0 amide bonds. The van der Waals surface area contributed by atoms with E-state index in [1.54, 1.807) is 0 Å². The molecule has 44 heavy (non-hydrogen) atoms. The molecule has 4 aromatic heterocycles. The number of ether oxygens (including phenoxy) is 2. The summed E-state index contributed by atoms with van der Waals surface area (Å²) in [5, 5.41) is 0. The summed E-state index contributed by atoms with van der Waals surface area (Å²) < 4.78 is 95.1. The average molecular weight is 674 g/mol. The largest absolute Gasteiger partial charge is 0.386 e. The summed E-state index contributed by atoms with van der Waals surface area (Å²) in [5.41, 5.74) is 12.4. The Kier molecular flexibility index (Phi) is 7.42. The van der Waals surface area contributed by atoms with Crippen LogP contribution in [0.4, 0.5) is 20.4 Å². The SMILES string of the molecule is B[P@]1(=O)OC[C@H]2O[C@@H](n3cnc4c(N)ncnc43)[C@H](F)[C@@H]2OP(=O)(S)OC[C@H]2O[C@@H](n3cnc4c(N)ncnc43)[C@H](F)[C@@H]2O1. The topological polar surface area (TPSA) is 229 Å². The fourth-order valence-corrected chi connectivity index (χ4v) is 7.94. The number of imidazole rings is 2. The molecule has 0 aliphatic carbocycles. The quantitative estimate of drug-likeness (QED) is 0.152. The molecule has 18 nitrogen and oxygen atoms in total. The zero-order chi connectivity index (χ0) is 31.0. The fraction of sp³-hybridized carbons (Fsp3) is 0.500. The molecule has 4 aromatic rings. The van der Waals surface area contributed by atoms with Crippen LogP contribution in [0.1, 0.15) is 12.5 Å². The Labute approximate surface area is 251 Å². The van der Waals surface area contributed by atoms with Gasteiger partial charge in [0, 0.05) is 0 Å². The summed E-state index contributed by atoms with van der Waals surface area (Å²) in [6.45, 7) is -5.56. The van der Waals surface area contributed by atoms with E-state index in [2.05, 4.69) is 42.2 Å². The van der Waals surface area contributed by atoms with Crippen LogP contribution >= 0.6 is 26.5 Å². The highest BCUT2D eigenvalue weighted by Crippen LogP contribution is 2.58. The Morgan fingerprint density at radius 3 is 1.80 bits per heavy atom. The molecule has 3 aliphatic heterocycles. The number of nitrogens with two attached hydrogens (primary N) is 2. The van der Waals surface area contributed by atoms with E-state index >= 15 is 8.78 Å². The van der Waals surface area contributed by atoms with Crippen LogP contribution in [0.25, 0.3) is 22.3 Å². The number of anilines is 2. The van der Waals surface area contributed by atoms with E-state index in [0.29, 0.717) is 0 Å². The van der Waals surface area contributed by atoms with Crippen LogP contribution in [0.2, 0.25) is 0 Å². The van der Waals surface area contributed by atoms with Crippen LogP contribution in [0, 0.1) is 0 Å². The summed E-state index contributed by atoms with van der Waals surface area (Å²) in [4.78, 5) is 24.1. The minimum absolute atomic E-state index is 0.0605. The van der Waals surface area contributed by atoms with E-state index in [0.717, 1.165) is 7.57 Å². The van der Waals surface area contributed by atoms with Crippen molar-refractivity contribution in [3.05, 3.63) is 25.3 Å². The van der Waals surface area contributed by atoms with Gasteiger partial charge < -0.3 is 30.0 Å². The maximum Gasteiger partial charge on any atom is 0.386 e. The zero-order valence-electron chi connectivity index (χ0n) is 22.4. The molecule has 3 aliphatic rings. The Morgan fingerprint density at radius 2 is 1.27 bits per heavy atom.